The maximum absolute atomic E-state index is 11.9. The van der Waals surface area contributed by atoms with Gasteiger partial charge in [-0.15, -0.1) is 0 Å². The van der Waals surface area contributed by atoms with Gasteiger partial charge in [0.25, 0.3) is 0 Å². The topological polar surface area (TPSA) is 55.8 Å². The van der Waals surface area contributed by atoms with Crippen LogP contribution in [0.25, 0.3) is 0 Å². The summed E-state index contributed by atoms with van der Waals surface area (Å²) >= 11 is 0. The first-order chi connectivity index (χ1) is 9.93. The number of hydrogen-bond donors (Lipinski definition) is 2. The number of nitrogens with zero attached hydrogens (tertiary/aromatic N) is 2. The Bertz CT molecular complexity index is 361. The highest BCUT2D eigenvalue weighted by atomic mass is 16.4. The third-order valence-corrected chi connectivity index (χ3v) is 4.97. The van der Waals surface area contributed by atoms with Crippen LogP contribution in [0.1, 0.15) is 46.0 Å². The van der Waals surface area contributed by atoms with E-state index in [1.807, 2.05) is 13.8 Å². The van der Waals surface area contributed by atoms with Crippen molar-refractivity contribution in [2.45, 2.75) is 63.6 Å². The maximum atomic E-state index is 11.9. The van der Waals surface area contributed by atoms with Crippen molar-refractivity contribution in [3.8, 4) is 0 Å². The molecule has 1 aliphatic carbocycles. The second-order valence-corrected chi connectivity index (χ2v) is 7.13. The standard InChI is InChI=1S/C16H31N3O2/c1-13(2)17-16(15(20)21)7-4-6-14(12-16)19-9-5-8-18(3)10-11-19/h13-14,17H,4-12H2,1-3H3,(H,20,21). The molecule has 1 saturated heterocycles. The van der Waals surface area contributed by atoms with Crippen molar-refractivity contribution in [3.63, 3.8) is 0 Å². The molecule has 2 fully saturated rings. The quantitative estimate of drug-likeness (QED) is 0.821. The van der Waals surface area contributed by atoms with E-state index in [2.05, 4.69) is 22.2 Å². The molecule has 122 valence electrons. The zero-order valence-electron chi connectivity index (χ0n) is 13.8. The van der Waals surface area contributed by atoms with Crippen LogP contribution in [-0.4, -0.2) is 71.7 Å². The SMILES string of the molecule is CC(C)NC1(C(=O)O)CCCC(N2CCCN(C)CC2)C1. The van der Waals surface area contributed by atoms with Gasteiger partial charge in [-0.2, -0.15) is 0 Å². The average molecular weight is 297 g/mol. The Morgan fingerprint density at radius 1 is 1.24 bits per heavy atom. The van der Waals surface area contributed by atoms with Gasteiger partial charge in [-0.1, -0.05) is 0 Å². The molecule has 0 radical (unpaired) electrons. The third kappa shape index (κ3) is 4.18. The van der Waals surface area contributed by atoms with Crippen molar-refractivity contribution >= 4 is 5.97 Å². The molecule has 0 amide bonds. The summed E-state index contributed by atoms with van der Waals surface area (Å²) in [6, 6.07) is 0.614. The van der Waals surface area contributed by atoms with Gasteiger partial charge in [0.05, 0.1) is 0 Å². The van der Waals surface area contributed by atoms with E-state index in [0.717, 1.165) is 51.9 Å². The second kappa shape index (κ2) is 7.07. The molecule has 0 aromatic heterocycles. The van der Waals surface area contributed by atoms with Gasteiger partial charge in [0, 0.05) is 25.2 Å². The Labute approximate surface area is 128 Å². The zero-order valence-corrected chi connectivity index (χ0v) is 13.8. The molecule has 0 spiro atoms. The number of aliphatic carboxylic acids is 1. The molecule has 2 unspecified atom stereocenters. The van der Waals surface area contributed by atoms with Crippen LogP contribution in [-0.2, 0) is 4.79 Å². The van der Waals surface area contributed by atoms with E-state index in [-0.39, 0.29) is 6.04 Å². The van der Waals surface area contributed by atoms with Gasteiger partial charge < -0.3 is 10.0 Å². The van der Waals surface area contributed by atoms with Crippen molar-refractivity contribution in [2.75, 3.05) is 33.2 Å². The van der Waals surface area contributed by atoms with Crippen LogP contribution < -0.4 is 5.32 Å². The monoisotopic (exact) mass is 297 g/mol. The molecule has 0 aromatic rings. The van der Waals surface area contributed by atoms with Crippen molar-refractivity contribution in [2.24, 2.45) is 0 Å². The summed E-state index contributed by atoms with van der Waals surface area (Å²) in [5, 5.41) is 13.1. The fraction of sp³-hybridized carbons (Fsp3) is 0.938. The summed E-state index contributed by atoms with van der Waals surface area (Å²) in [5.41, 5.74) is -0.727. The second-order valence-electron chi connectivity index (χ2n) is 7.13. The molecule has 2 rings (SSSR count). The smallest absolute Gasteiger partial charge is 0.323 e. The van der Waals surface area contributed by atoms with Gasteiger partial charge in [0.15, 0.2) is 0 Å². The first-order valence-corrected chi connectivity index (χ1v) is 8.37. The molecular formula is C16H31N3O2. The van der Waals surface area contributed by atoms with Crippen LogP contribution in [0.4, 0.5) is 0 Å². The Balaban J connectivity index is 2.05. The predicted molar refractivity (Wildman–Crippen MR) is 84.6 cm³/mol. The third-order valence-electron chi connectivity index (χ3n) is 4.97. The van der Waals surface area contributed by atoms with Crippen LogP contribution in [0.2, 0.25) is 0 Å². The Morgan fingerprint density at radius 3 is 2.67 bits per heavy atom. The van der Waals surface area contributed by atoms with E-state index in [4.69, 9.17) is 0 Å². The van der Waals surface area contributed by atoms with E-state index in [1.165, 1.54) is 6.42 Å². The van der Waals surface area contributed by atoms with Crippen LogP contribution >= 0.6 is 0 Å². The average Bonchev–Trinajstić information content (AvgIpc) is 2.63. The first kappa shape index (κ1) is 16.7. The molecule has 1 heterocycles. The molecule has 0 aromatic carbocycles. The first-order valence-electron chi connectivity index (χ1n) is 8.37. The molecular weight excluding hydrogens is 266 g/mol. The zero-order chi connectivity index (χ0) is 15.5. The van der Waals surface area contributed by atoms with Crippen LogP contribution in [0.5, 0.6) is 0 Å². The van der Waals surface area contributed by atoms with E-state index in [1.54, 1.807) is 0 Å². The van der Waals surface area contributed by atoms with Crippen LogP contribution in [0.3, 0.4) is 0 Å². The van der Waals surface area contributed by atoms with E-state index < -0.39 is 11.5 Å². The highest BCUT2D eigenvalue weighted by Gasteiger charge is 2.44. The lowest BCUT2D eigenvalue weighted by molar-refractivity contribution is -0.148. The Kier molecular flexibility index (Phi) is 5.63. The summed E-state index contributed by atoms with van der Waals surface area (Å²) in [7, 11) is 2.17. The number of likely N-dealkylation sites (N-methyl/N-ethyl adjacent to an activating group) is 1. The van der Waals surface area contributed by atoms with Gasteiger partial charge in [-0.3, -0.25) is 15.0 Å². The molecule has 5 nitrogen and oxygen atoms in total. The van der Waals surface area contributed by atoms with Crippen molar-refractivity contribution < 1.29 is 9.90 Å². The van der Waals surface area contributed by atoms with E-state index in [9.17, 15) is 9.90 Å². The number of hydrogen-bond acceptors (Lipinski definition) is 4. The van der Waals surface area contributed by atoms with E-state index in [0.29, 0.717) is 6.04 Å². The van der Waals surface area contributed by atoms with Crippen LogP contribution in [0.15, 0.2) is 0 Å². The number of nitrogens with one attached hydrogen (secondary N) is 1. The van der Waals surface area contributed by atoms with E-state index >= 15 is 0 Å². The van der Waals surface area contributed by atoms with Gasteiger partial charge >= 0.3 is 5.97 Å². The largest absolute Gasteiger partial charge is 0.480 e. The Hall–Kier alpha value is -0.650. The molecule has 5 heteroatoms. The normalized spacial score (nSPS) is 33.0. The minimum Gasteiger partial charge on any atom is -0.480 e. The van der Waals surface area contributed by atoms with Crippen molar-refractivity contribution in [1.82, 2.24) is 15.1 Å². The fourth-order valence-electron chi connectivity index (χ4n) is 3.93. The lowest BCUT2D eigenvalue weighted by Gasteiger charge is -2.43. The number of carboxylic acids is 1. The number of carboxylic acid groups (broad SMARTS) is 1. The number of carbonyl (C=O) groups is 1. The van der Waals surface area contributed by atoms with Crippen molar-refractivity contribution in [3.05, 3.63) is 0 Å². The van der Waals surface area contributed by atoms with Crippen molar-refractivity contribution in [1.29, 1.82) is 0 Å². The molecule has 2 N–H and O–H groups in total. The minimum atomic E-state index is -0.727. The summed E-state index contributed by atoms with van der Waals surface area (Å²) in [5.74, 6) is -0.673. The summed E-state index contributed by atoms with van der Waals surface area (Å²) in [6.45, 7) is 8.49. The van der Waals surface area contributed by atoms with Crippen LogP contribution in [0, 0.1) is 0 Å². The summed E-state index contributed by atoms with van der Waals surface area (Å²) in [6.07, 6.45) is 4.82. The van der Waals surface area contributed by atoms with Gasteiger partial charge in [-0.05, 0) is 66.1 Å². The highest BCUT2D eigenvalue weighted by molar-refractivity contribution is 5.79. The molecule has 21 heavy (non-hydrogen) atoms. The summed E-state index contributed by atoms with van der Waals surface area (Å²) in [4.78, 5) is 16.8. The number of rotatable bonds is 4. The maximum Gasteiger partial charge on any atom is 0.323 e. The highest BCUT2D eigenvalue weighted by Crippen LogP contribution is 2.32. The van der Waals surface area contributed by atoms with Gasteiger partial charge in [0.2, 0.25) is 0 Å². The molecule has 2 aliphatic rings. The predicted octanol–water partition coefficient (Wildman–Crippen LogP) is 1.39. The fourth-order valence-corrected chi connectivity index (χ4v) is 3.93. The Morgan fingerprint density at radius 2 is 2.00 bits per heavy atom. The molecule has 2 atom stereocenters. The minimum absolute atomic E-state index is 0.204. The van der Waals surface area contributed by atoms with Gasteiger partial charge in [-0.25, -0.2) is 0 Å². The lowest BCUT2D eigenvalue weighted by Crippen LogP contribution is -2.60. The molecule has 1 aliphatic heterocycles. The molecule has 1 saturated carbocycles. The summed E-state index contributed by atoms with van der Waals surface area (Å²) < 4.78 is 0. The lowest BCUT2D eigenvalue weighted by atomic mass is 9.77. The van der Waals surface area contributed by atoms with Gasteiger partial charge in [0.1, 0.15) is 5.54 Å². The molecule has 0 bridgehead atoms.